The summed E-state index contributed by atoms with van der Waals surface area (Å²) in [6, 6.07) is 9.84. The highest BCUT2D eigenvalue weighted by Gasteiger charge is 2.36. The van der Waals surface area contributed by atoms with Crippen molar-refractivity contribution in [1.82, 2.24) is 9.78 Å². The SMILES string of the molecule is COP1(=O)N=C(c2c(O)c(-c3ccsc3)nn(Cc3ccc(F)c(Cl)c3)c2=O)Nc2ccc(NS(C)(=O)=O)cc21. The van der Waals surface area contributed by atoms with Crippen molar-refractivity contribution in [2.24, 2.45) is 4.76 Å². The number of anilines is 2. The van der Waals surface area contributed by atoms with Crippen molar-refractivity contribution in [1.29, 1.82) is 0 Å². The fourth-order valence-electron chi connectivity index (χ4n) is 4.03. The van der Waals surface area contributed by atoms with Crippen LogP contribution in [0, 0.1) is 5.82 Å². The van der Waals surface area contributed by atoms with Gasteiger partial charge in [0.2, 0.25) is 10.0 Å². The van der Waals surface area contributed by atoms with Crippen LogP contribution in [0.25, 0.3) is 11.3 Å². The van der Waals surface area contributed by atoms with Gasteiger partial charge in [-0.3, -0.25) is 14.1 Å². The molecule has 1 atom stereocenters. The van der Waals surface area contributed by atoms with E-state index in [1.807, 2.05) is 0 Å². The molecule has 3 heterocycles. The Hall–Kier alpha value is -3.55. The van der Waals surface area contributed by atoms with Gasteiger partial charge in [-0.05, 0) is 47.3 Å². The minimum atomic E-state index is -4.05. The van der Waals surface area contributed by atoms with Gasteiger partial charge < -0.3 is 14.9 Å². The summed E-state index contributed by atoms with van der Waals surface area (Å²) in [7, 11) is -6.52. The van der Waals surface area contributed by atoms with E-state index in [-0.39, 0.29) is 45.3 Å². The van der Waals surface area contributed by atoms with Gasteiger partial charge in [0.15, 0.2) is 11.6 Å². The van der Waals surface area contributed by atoms with Gasteiger partial charge in [-0.15, -0.1) is 0 Å². The molecule has 2 aromatic heterocycles. The zero-order chi connectivity index (χ0) is 28.8. The topological polar surface area (TPSA) is 152 Å². The lowest BCUT2D eigenvalue weighted by molar-refractivity contribution is 0.404. The average molecular weight is 624 g/mol. The molecule has 1 aliphatic rings. The number of halogens is 2. The maximum atomic E-state index is 13.8. The lowest BCUT2D eigenvalue weighted by Gasteiger charge is -2.25. The van der Waals surface area contributed by atoms with E-state index in [4.69, 9.17) is 16.1 Å². The Bertz CT molecular complexity index is 1900. The van der Waals surface area contributed by atoms with Crippen LogP contribution >= 0.6 is 30.5 Å². The molecule has 0 amide bonds. The fourth-order valence-corrected chi connectivity index (χ4v) is 6.96. The van der Waals surface area contributed by atoms with Gasteiger partial charge >= 0.3 is 7.52 Å². The summed E-state index contributed by atoms with van der Waals surface area (Å²) < 4.78 is 63.7. The van der Waals surface area contributed by atoms with E-state index in [2.05, 4.69) is 19.9 Å². The standard InChI is InChI=1S/C24H20ClFN5O6PS2/c1-37-38(34)19-10-15(30-40(2,35)36)4-6-18(19)27-23(29-38)20-22(32)21(14-7-8-39-12-14)28-31(24(20)33)11-13-3-5-17(26)16(25)9-13/h3-10,12,30,32H,11H2,1-2H3,(H,27,29,34). The number of fused-ring (bicyclic) bond motifs is 1. The monoisotopic (exact) mass is 623 g/mol. The molecule has 40 heavy (non-hydrogen) atoms. The summed E-state index contributed by atoms with van der Waals surface area (Å²) in [5.41, 5.74) is 0.267. The van der Waals surface area contributed by atoms with Crippen molar-refractivity contribution in [3.05, 3.63) is 85.5 Å². The number of aromatic nitrogens is 2. The first-order chi connectivity index (χ1) is 18.9. The van der Waals surface area contributed by atoms with Gasteiger partial charge in [-0.25, -0.2) is 17.5 Å². The van der Waals surface area contributed by atoms with Crippen molar-refractivity contribution >= 4 is 63.0 Å². The van der Waals surface area contributed by atoms with Gasteiger partial charge in [-0.2, -0.15) is 21.2 Å². The molecule has 3 N–H and O–H groups in total. The predicted molar refractivity (Wildman–Crippen MR) is 153 cm³/mol. The molecule has 0 spiro atoms. The number of hydrogen-bond acceptors (Lipinski definition) is 9. The highest BCUT2D eigenvalue weighted by molar-refractivity contribution is 7.92. The van der Waals surface area contributed by atoms with E-state index in [1.165, 1.54) is 41.7 Å². The number of rotatable bonds is 7. The highest BCUT2D eigenvalue weighted by atomic mass is 35.5. The summed E-state index contributed by atoms with van der Waals surface area (Å²) >= 11 is 7.26. The van der Waals surface area contributed by atoms with Crippen LogP contribution in [0.15, 0.2) is 62.8 Å². The van der Waals surface area contributed by atoms with Gasteiger partial charge in [0.25, 0.3) is 5.56 Å². The largest absolute Gasteiger partial charge is 0.505 e. The van der Waals surface area contributed by atoms with E-state index in [0.29, 0.717) is 11.1 Å². The first-order valence-corrected chi connectivity index (χ1v) is 16.1. The summed E-state index contributed by atoms with van der Waals surface area (Å²) in [6.07, 6.45) is 0.971. The molecular formula is C24H20ClFN5O6PS2. The number of aromatic hydroxyl groups is 1. The molecular weight excluding hydrogens is 604 g/mol. The Labute approximate surface area is 236 Å². The Morgan fingerprint density at radius 2 is 2.02 bits per heavy atom. The van der Waals surface area contributed by atoms with Crippen LogP contribution < -0.4 is 20.9 Å². The normalized spacial score (nSPS) is 16.6. The van der Waals surface area contributed by atoms with Gasteiger partial charge in [0, 0.05) is 23.7 Å². The zero-order valence-electron chi connectivity index (χ0n) is 20.8. The Morgan fingerprint density at radius 3 is 2.67 bits per heavy atom. The summed E-state index contributed by atoms with van der Waals surface area (Å²) in [4.78, 5) is 13.7. The maximum absolute atomic E-state index is 13.8. The Balaban J connectivity index is 1.68. The minimum Gasteiger partial charge on any atom is -0.505 e. The van der Waals surface area contributed by atoms with Crippen molar-refractivity contribution < 1.29 is 27.0 Å². The number of sulfonamides is 1. The quantitative estimate of drug-likeness (QED) is 0.259. The molecule has 208 valence electrons. The first kappa shape index (κ1) is 28.0. The zero-order valence-corrected chi connectivity index (χ0v) is 24.0. The second-order valence-corrected chi connectivity index (χ2v) is 13.7. The van der Waals surface area contributed by atoms with E-state index in [9.17, 15) is 27.3 Å². The molecule has 0 saturated heterocycles. The van der Waals surface area contributed by atoms with Gasteiger partial charge in [-0.1, -0.05) is 17.7 Å². The molecule has 4 aromatic rings. The molecule has 0 saturated carbocycles. The molecule has 1 unspecified atom stereocenters. The second kappa shape index (κ2) is 10.5. The van der Waals surface area contributed by atoms with Crippen LogP contribution in [0.5, 0.6) is 5.75 Å². The predicted octanol–water partition coefficient (Wildman–Crippen LogP) is 4.23. The maximum Gasteiger partial charge on any atom is 0.348 e. The molecule has 2 aromatic carbocycles. The van der Waals surface area contributed by atoms with Crippen molar-refractivity contribution in [2.75, 3.05) is 23.4 Å². The van der Waals surface area contributed by atoms with Crippen molar-refractivity contribution in [3.63, 3.8) is 0 Å². The molecule has 0 radical (unpaired) electrons. The third-order valence-electron chi connectivity index (χ3n) is 5.82. The smallest absolute Gasteiger partial charge is 0.348 e. The molecule has 1 aliphatic heterocycles. The van der Waals surface area contributed by atoms with Gasteiger partial charge in [0.1, 0.15) is 17.1 Å². The third-order valence-corrected chi connectivity index (χ3v) is 9.33. The summed E-state index contributed by atoms with van der Waals surface area (Å²) in [5.74, 6) is -1.38. The molecule has 0 aliphatic carbocycles. The summed E-state index contributed by atoms with van der Waals surface area (Å²) in [5, 5.41) is 21.9. The number of thiophene rings is 1. The van der Waals surface area contributed by atoms with Crippen LogP contribution in [0.4, 0.5) is 15.8 Å². The van der Waals surface area contributed by atoms with E-state index in [1.54, 1.807) is 16.8 Å². The lowest BCUT2D eigenvalue weighted by Crippen LogP contribution is -2.35. The number of hydrogen-bond donors (Lipinski definition) is 3. The second-order valence-electron chi connectivity index (χ2n) is 8.68. The third kappa shape index (κ3) is 5.40. The van der Waals surface area contributed by atoms with Crippen LogP contribution in [-0.4, -0.2) is 42.5 Å². The van der Waals surface area contributed by atoms with E-state index >= 15 is 0 Å². The lowest BCUT2D eigenvalue weighted by atomic mass is 10.1. The molecule has 16 heteroatoms. The fraction of sp³-hybridized carbons (Fsp3) is 0.125. The molecule has 5 rings (SSSR count). The minimum absolute atomic E-state index is 0.0549. The van der Waals surface area contributed by atoms with Crippen molar-refractivity contribution in [3.8, 4) is 17.0 Å². The highest BCUT2D eigenvalue weighted by Crippen LogP contribution is 2.52. The molecule has 0 bridgehead atoms. The number of nitrogens with one attached hydrogen (secondary N) is 2. The number of amidine groups is 1. The Kier molecular flexibility index (Phi) is 7.31. The Morgan fingerprint density at radius 1 is 1.25 bits per heavy atom. The molecule has 11 nitrogen and oxygen atoms in total. The van der Waals surface area contributed by atoms with Crippen LogP contribution in [-0.2, 0) is 25.7 Å². The first-order valence-electron chi connectivity index (χ1n) is 11.3. The van der Waals surface area contributed by atoms with Crippen LogP contribution in [0.2, 0.25) is 5.02 Å². The van der Waals surface area contributed by atoms with Crippen LogP contribution in [0.1, 0.15) is 11.1 Å². The molecule has 0 fully saturated rings. The summed E-state index contributed by atoms with van der Waals surface area (Å²) in [6.45, 7) is -0.129. The van der Waals surface area contributed by atoms with E-state index in [0.717, 1.165) is 24.1 Å². The van der Waals surface area contributed by atoms with E-state index < -0.39 is 34.7 Å². The van der Waals surface area contributed by atoms with Crippen molar-refractivity contribution in [2.45, 2.75) is 6.54 Å². The van der Waals surface area contributed by atoms with Gasteiger partial charge in [0.05, 0.1) is 28.8 Å². The number of nitrogens with zero attached hydrogens (tertiary/aromatic N) is 3. The number of benzene rings is 2. The van der Waals surface area contributed by atoms with Crippen LogP contribution in [0.3, 0.4) is 0 Å². The average Bonchev–Trinajstić information content (AvgIpc) is 3.42.